The number of hydrogen-bond donors (Lipinski definition) is 1. The molecule has 0 unspecified atom stereocenters. The lowest BCUT2D eigenvalue weighted by atomic mass is 9.82. The van der Waals surface area contributed by atoms with Crippen molar-refractivity contribution in [3.05, 3.63) is 29.9 Å². The number of aryl methyl sites for hydroxylation is 1. The molecule has 1 N–H and O–H groups in total. The molecule has 1 fully saturated rings. The predicted octanol–water partition coefficient (Wildman–Crippen LogP) is 1.93. The van der Waals surface area contributed by atoms with Crippen molar-refractivity contribution < 1.29 is 9.63 Å². The molecule has 5 nitrogen and oxygen atoms in total. The second-order valence-corrected chi connectivity index (χ2v) is 4.66. The molecule has 94 valence electrons. The van der Waals surface area contributed by atoms with Crippen molar-refractivity contribution in [1.29, 1.82) is 0 Å². The van der Waals surface area contributed by atoms with E-state index in [1.165, 1.54) is 0 Å². The Morgan fingerprint density at radius 3 is 3.00 bits per heavy atom. The van der Waals surface area contributed by atoms with Crippen LogP contribution < -0.4 is 0 Å². The summed E-state index contributed by atoms with van der Waals surface area (Å²) in [4.78, 5) is 8.53. The minimum absolute atomic E-state index is 0.211. The van der Waals surface area contributed by atoms with Gasteiger partial charge < -0.3 is 9.63 Å². The Labute approximate surface area is 105 Å². The minimum atomic E-state index is -0.211. The molecule has 2 aromatic rings. The van der Waals surface area contributed by atoms with Crippen molar-refractivity contribution in [3.63, 3.8) is 0 Å². The van der Waals surface area contributed by atoms with E-state index < -0.39 is 0 Å². The van der Waals surface area contributed by atoms with Gasteiger partial charge in [0.1, 0.15) is 0 Å². The van der Waals surface area contributed by atoms with Crippen LogP contribution in [0, 0.1) is 0 Å². The number of rotatable bonds is 3. The van der Waals surface area contributed by atoms with Gasteiger partial charge in [-0.3, -0.25) is 4.98 Å². The lowest BCUT2D eigenvalue weighted by molar-refractivity contribution is 0.0625. The van der Waals surface area contributed by atoms with Gasteiger partial charge in [0.15, 0.2) is 0 Å². The van der Waals surface area contributed by atoms with Gasteiger partial charge in [-0.25, -0.2) is 0 Å². The van der Waals surface area contributed by atoms with Crippen molar-refractivity contribution in [2.75, 3.05) is 0 Å². The molecule has 0 amide bonds. The second kappa shape index (κ2) is 4.49. The summed E-state index contributed by atoms with van der Waals surface area (Å²) < 4.78 is 5.28. The third-order valence-corrected chi connectivity index (χ3v) is 3.43. The molecular formula is C13H15N3O2. The fourth-order valence-electron chi connectivity index (χ4n) is 2.23. The van der Waals surface area contributed by atoms with Crippen LogP contribution in [0.15, 0.2) is 23.0 Å². The number of nitrogens with zero attached hydrogens (tertiary/aromatic N) is 3. The lowest BCUT2D eigenvalue weighted by Crippen LogP contribution is -2.26. The normalized spacial score (nSPS) is 22.8. The standard InChI is InChI=1S/C13H15N3O2/c1-2-8-7-14-4-3-11(8)12-15-13(18-16-12)9-5-10(17)6-9/h3-4,7,9-10,17H,2,5-6H2,1H3. The Hall–Kier alpha value is -1.75. The summed E-state index contributed by atoms with van der Waals surface area (Å²) in [6.07, 6.45) is 5.68. The van der Waals surface area contributed by atoms with Crippen LogP contribution >= 0.6 is 0 Å². The van der Waals surface area contributed by atoms with Crippen LogP contribution in [0.25, 0.3) is 11.4 Å². The molecule has 0 aliphatic heterocycles. The first kappa shape index (κ1) is 11.3. The molecule has 2 heterocycles. The third kappa shape index (κ3) is 1.90. The second-order valence-electron chi connectivity index (χ2n) is 4.66. The number of aromatic nitrogens is 3. The molecule has 0 aromatic carbocycles. The van der Waals surface area contributed by atoms with Crippen molar-refractivity contribution in [2.45, 2.75) is 38.2 Å². The number of pyridine rings is 1. The quantitative estimate of drug-likeness (QED) is 0.894. The first-order chi connectivity index (χ1) is 8.78. The van der Waals surface area contributed by atoms with Crippen molar-refractivity contribution >= 4 is 0 Å². The molecule has 0 spiro atoms. The smallest absolute Gasteiger partial charge is 0.230 e. The molecule has 1 aliphatic rings. The van der Waals surface area contributed by atoms with Gasteiger partial charge in [-0.15, -0.1) is 0 Å². The van der Waals surface area contributed by atoms with Gasteiger partial charge in [-0.2, -0.15) is 4.98 Å². The van der Waals surface area contributed by atoms with Crippen LogP contribution in [-0.2, 0) is 6.42 Å². The average Bonchev–Trinajstić information content (AvgIpc) is 2.84. The molecular weight excluding hydrogens is 230 g/mol. The molecule has 1 aliphatic carbocycles. The zero-order chi connectivity index (χ0) is 12.5. The highest BCUT2D eigenvalue weighted by molar-refractivity contribution is 5.58. The largest absolute Gasteiger partial charge is 0.393 e. The molecule has 18 heavy (non-hydrogen) atoms. The minimum Gasteiger partial charge on any atom is -0.393 e. The summed E-state index contributed by atoms with van der Waals surface area (Å²) in [5.41, 5.74) is 2.08. The van der Waals surface area contributed by atoms with E-state index in [1.54, 1.807) is 6.20 Å². The van der Waals surface area contributed by atoms with Crippen molar-refractivity contribution in [3.8, 4) is 11.4 Å². The highest BCUT2D eigenvalue weighted by atomic mass is 16.5. The van der Waals surface area contributed by atoms with E-state index in [-0.39, 0.29) is 12.0 Å². The first-order valence-corrected chi connectivity index (χ1v) is 6.23. The summed E-state index contributed by atoms with van der Waals surface area (Å²) in [6, 6.07) is 1.91. The van der Waals surface area contributed by atoms with Gasteiger partial charge in [0.05, 0.1) is 6.10 Å². The SMILES string of the molecule is CCc1cnccc1-c1noc(C2CC(O)C2)n1. The Morgan fingerprint density at radius 1 is 1.44 bits per heavy atom. The summed E-state index contributed by atoms with van der Waals surface area (Å²) in [7, 11) is 0. The molecule has 0 bridgehead atoms. The van der Waals surface area contributed by atoms with Crippen LogP contribution in [0.1, 0.15) is 37.1 Å². The predicted molar refractivity (Wildman–Crippen MR) is 64.9 cm³/mol. The van der Waals surface area contributed by atoms with E-state index in [0.717, 1.165) is 30.4 Å². The first-order valence-electron chi connectivity index (χ1n) is 6.23. The van der Waals surface area contributed by atoms with Crippen LogP contribution in [0.2, 0.25) is 0 Å². The van der Waals surface area contributed by atoms with Crippen LogP contribution in [0.5, 0.6) is 0 Å². The number of aliphatic hydroxyl groups excluding tert-OH is 1. The monoisotopic (exact) mass is 245 g/mol. The Bertz CT molecular complexity index is 547. The van der Waals surface area contributed by atoms with Gasteiger partial charge in [0.25, 0.3) is 0 Å². The van der Waals surface area contributed by atoms with Gasteiger partial charge in [-0.05, 0) is 30.9 Å². The Kier molecular flexibility index (Phi) is 2.83. The fraction of sp³-hybridized carbons (Fsp3) is 0.462. The molecule has 0 saturated heterocycles. The van der Waals surface area contributed by atoms with E-state index in [4.69, 9.17) is 4.52 Å². The average molecular weight is 245 g/mol. The van der Waals surface area contributed by atoms with E-state index in [0.29, 0.717) is 11.7 Å². The van der Waals surface area contributed by atoms with E-state index in [1.807, 2.05) is 12.3 Å². The van der Waals surface area contributed by atoms with Gasteiger partial charge in [0.2, 0.25) is 11.7 Å². The maximum absolute atomic E-state index is 9.29. The fourth-order valence-corrected chi connectivity index (χ4v) is 2.23. The number of aliphatic hydroxyl groups is 1. The highest BCUT2D eigenvalue weighted by Gasteiger charge is 2.33. The van der Waals surface area contributed by atoms with Gasteiger partial charge in [0, 0.05) is 23.9 Å². The van der Waals surface area contributed by atoms with E-state index in [9.17, 15) is 5.11 Å². The van der Waals surface area contributed by atoms with E-state index >= 15 is 0 Å². The highest BCUT2D eigenvalue weighted by Crippen LogP contribution is 2.36. The molecule has 0 radical (unpaired) electrons. The molecule has 0 atom stereocenters. The molecule has 2 aromatic heterocycles. The van der Waals surface area contributed by atoms with Crippen LogP contribution in [-0.4, -0.2) is 26.3 Å². The topological polar surface area (TPSA) is 72.0 Å². The summed E-state index contributed by atoms with van der Waals surface area (Å²) in [5.74, 6) is 1.47. The lowest BCUT2D eigenvalue weighted by Gasteiger charge is -2.27. The van der Waals surface area contributed by atoms with Gasteiger partial charge in [-0.1, -0.05) is 12.1 Å². The zero-order valence-electron chi connectivity index (χ0n) is 10.2. The molecule has 1 saturated carbocycles. The Morgan fingerprint density at radius 2 is 2.28 bits per heavy atom. The maximum Gasteiger partial charge on any atom is 0.230 e. The van der Waals surface area contributed by atoms with Crippen molar-refractivity contribution in [1.82, 2.24) is 15.1 Å². The maximum atomic E-state index is 9.29. The molecule has 5 heteroatoms. The zero-order valence-corrected chi connectivity index (χ0v) is 10.2. The van der Waals surface area contributed by atoms with Gasteiger partial charge >= 0.3 is 0 Å². The number of hydrogen-bond acceptors (Lipinski definition) is 5. The molecule has 3 rings (SSSR count). The van der Waals surface area contributed by atoms with E-state index in [2.05, 4.69) is 22.0 Å². The summed E-state index contributed by atoms with van der Waals surface area (Å²) >= 11 is 0. The summed E-state index contributed by atoms with van der Waals surface area (Å²) in [6.45, 7) is 2.07. The third-order valence-electron chi connectivity index (χ3n) is 3.43. The Balaban J connectivity index is 1.88. The van der Waals surface area contributed by atoms with Crippen LogP contribution in [0.4, 0.5) is 0 Å². The summed E-state index contributed by atoms with van der Waals surface area (Å²) in [5, 5.41) is 13.3. The van der Waals surface area contributed by atoms with Crippen LogP contribution in [0.3, 0.4) is 0 Å². The van der Waals surface area contributed by atoms with Crippen molar-refractivity contribution in [2.24, 2.45) is 0 Å².